The Morgan fingerprint density at radius 2 is 1.66 bits per heavy atom. The van der Waals surface area contributed by atoms with Crippen LogP contribution in [0.3, 0.4) is 0 Å². The zero-order chi connectivity index (χ0) is 25.1. The van der Waals surface area contributed by atoms with Gasteiger partial charge in [-0.25, -0.2) is 0 Å². The van der Waals surface area contributed by atoms with Crippen molar-refractivity contribution in [1.29, 1.82) is 0 Å². The molecule has 4 aromatic rings. The number of anilines is 1. The highest BCUT2D eigenvalue weighted by Crippen LogP contribution is 2.37. The molecule has 0 unspecified atom stereocenters. The molecule has 1 N–H and O–H groups in total. The molecule has 0 spiro atoms. The van der Waals surface area contributed by atoms with Crippen molar-refractivity contribution >= 4 is 22.6 Å². The molecular formula is C28H27NO6. The van der Waals surface area contributed by atoms with Crippen LogP contribution in [0, 0.1) is 20.8 Å². The minimum Gasteiger partial charge on any atom is -0.493 e. The van der Waals surface area contributed by atoms with E-state index in [0.29, 0.717) is 33.7 Å². The van der Waals surface area contributed by atoms with Crippen LogP contribution in [0.4, 0.5) is 5.69 Å². The summed E-state index contributed by atoms with van der Waals surface area (Å²) in [5.74, 6) is 0.772. The van der Waals surface area contributed by atoms with Crippen LogP contribution < -0.4 is 25.0 Å². The van der Waals surface area contributed by atoms with Gasteiger partial charge in [0.05, 0.1) is 19.6 Å². The first-order valence-electron chi connectivity index (χ1n) is 11.1. The highest BCUT2D eigenvalue weighted by Gasteiger charge is 2.21. The minimum atomic E-state index is -0.391. The number of benzene rings is 3. The third kappa shape index (κ3) is 4.84. The van der Waals surface area contributed by atoms with Crippen molar-refractivity contribution in [2.75, 3.05) is 26.1 Å². The summed E-state index contributed by atoms with van der Waals surface area (Å²) in [6.45, 7) is 5.32. The second-order valence-electron chi connectivity index (χ2n) is 8.27. The van der Waals surface area contributed by atoms with Crippen LogP contribution in [0.1, 0.15) is 16.7 Å². The van der Waals surface area contributed by atoms with Crippen molar-refractivity contribution in [1.82, 2.24) is 0 Å². The van der Waals surface area contributed by atoms with Crippen molar-refractivity contribution in [3.63, 3.8) is 0 Å². The van der Waals surface area contributed by atoms with Gasteiger partial charge >= 0.3 is 0 Å². The van der Waals surface area contributed by atoms with Gasteiger partial charge in [-0.3, -0.25) is 9.59 Å². The average molecular weight is 474 g/mol. The normalized spacial score (nSPS) is 10.8. The Morgan fingerprint density at radius 3 is 2.37 bits per heavy atom. The number of methoxy groups -OCH3 is 2. The molecule has 35 heavy (non-hydrogen) atoms. The van der Waals surface area contributed by atoms with Gasteiger partial charge in [0, 0.05) is 11.3 Å². The number of carbonyl (C=O) groups excluding carboxylic acids is 1. The number of ether oxygens (including phenoxy) is 3. The monoisotopic (exact) mass is 473 g/mol. The molecule has 7 nitrogen and oxygen atoms in total. The lowest BCUT2D eigenvalue weighted by Crippen LogP contribution is -2.23. The summed E-state index contributed by atoms with van der Waals surface area (Å²) in [6, 6.07) is 16.3. The smallest absolute Gasteiger partial charge is 0.262 e. The molecule has 0 saturated carbocycles. The zero-order valence-electron chi connectivity index (χ0n) is 20.4. The molecule has 0 atom stereocenters. The molecule has 0 aliphatic heterocycles. The van der Waals surface area contributed by atoms with E-state index in [-0.39, 0.29) is 23.5 Å². The number of hydrogen-bond acceptors (Lipinski definition) is 6. The maximum Gasteiger partial charge on any atom is 0.262 e. The van der Waals surface area contributed by atoms with Crippen LogP contribution in [0.25, 0.3) is 22.3 Å². The number of amides is 1. The van der Waals surface area contributed by atoms with E-state index in [2.05, 4.69) is 5.32 Å². The summed E-state index contributed by atoms with van der Waals surface area (Å²) < 4.78 is 22.8. The lowest BCUT2D eigenvalue weighted by molar-refractivity contribution is -0.118. The van der Waals surface area contributed by atoms with Crippen molar-refractivity contribution < 1.29 is 23.4 Å². The minimum absolute atomic E-state index is 0.0466. The Kier molecular flexibility index (Phi) is 6.78. The van der Waals surface area contributed by atoms with E-state index in [1.807, 2.05) is 45.0 Å². The fraction of sp³-hybridized carbons (Fsp3) is 0.214. The molecule has 1 heterocycles. The summed E-state index contributed by atoms with van der Waals surface area (Å²) in [7, 11) is 3.07. The molecule has 1 amide bonds. The maximum absolute atomic E-state index is 13.6. The molecule has 0 bridgehead atoms. The first-order chi connectivity index (χ1) is 16.8. The molecule has 180 valence electrons. The number of nitrogens with one attached hydrogen (secondary N) is 1. The fourth-order valence-corrected chi connectivity index (χ4v) is 3.97. The third-order valence-corrected chi connectivity index (χ3v) is 5.69. The maximum atomic E-state index is 13.6. The molecule has 1 aromatic heterocycles. The van der Waals surface area contributed by atoms with Crippen LogP contribution in [-0.2, 0) is 4.79 Å². The first kappa shape index (κ1) is 23.9. The van der Waals surface area contributed by atoms with Crippen LogP contribution in [0.15, 0.2) is 63.8 Å². The molecule has 0 fully saturated rings. The molecule has 0 aliphatic carbocycles. The SMILES string of the molecule is COc1ccc(-c2oc3c(C)cc(C)cc3c(=O)c2OCC(=O)Nc2ccccc2C)cc1OC. The lowest BCUT2D eigenvalue weighted by Gasteiger charge is -2.15. The summed E-state index contributed by atoms with van der Waals surface area (Å²) in [4.78, 5) is 26.2. The van der Waals surface area contributed by atoms with Gasteiger partial charge in [-0.1, -0.05) is 24.3 Å². The molecule has 7 heteroatoms. The van der Waals surface area contributed by atoms with E-state index < -0.39 is 5.91 Å². The van der Waals surface area contributed by atoms with Crippen molar-refractivity contribution in [3.05, 3.63) is 81.5 Å². The number of aryl methyl sites for hydroxylation is 3. The molecule has 0 radical (unpaired) electrons. The standard InChI is InChI=1S/C28H27NO6/c1-16-12-18(3)26-20(13-16)25(31)28(34-15-24(30)29-21-9-7-6-8-17(21)2)27(35-26)19-10-11-22(32-4)23(14-19)33-5/h6-14H,15H2,1-5H3,(H,29,30). The number of para-hydroxylation sites is 1. The van der Waals surface area contributed by atoms with Gasteiger partial charge in [-0.15, -0.1) is 0 Å². The lowest BCUT2D eigenvalue weighted by atomic mass is 10.0. The van der Waals surface area contributed by atoms with Gasteiger partial charge in [-0.05, 0) is 67.8 Å². The van der Waals surface area contributed by atoms with E-state index in [4.69, 9.17) is 18.6 Å². The van der Waals surface area contributed by atoms with Gasteiger partial charge in [0.1, 0.15) is 5.58 Å². The van der Waals surface area contributed by atoms with E-state index in [9.17, 15) is 9.59 Å². The Labute approximate surface area is 203 Å². The molecule has 0 saturated heterocycles. The molecule has 4 rings (SSSR count). The Bertz CT molecular complexity index is 1470. The quantitative estimate of drug-likeness (QED) is 0.386. The Morgan fingerprint density at radius 1 is 0.914 bits per heavy atom. The Hall–Kier alpha value is -4.26. The highest BCUT2D eigenvalue weighted by atomic mass is 16.5. The van der Waals surface area contributed by atoms with E-state index in [0.717, 1.165) is 16.7 Å². The number of rotatable bonds is 7. The van der Waals surface area contributed by atoms with Gasteiger partial charge in [-0.2, -0.15) is 0 Å². The van der Waals surface area contributed by atoms with Crippen molar-refractivity contribution in [2.24, 2.45) is 0 Å². The molecule has 3 aromatic carbocycles. The van der Waals surface area contributed by atoms with Crippen LogP contribution in [0.2, 0.25) is 0 Å². The van der Waals surface area contributed by atoms with E-state index in [1.165, 1.54) is 7.11 Å². The van der Waals surface area contributed by atoms with Crippen LogP contribution in [0.5, 0.6) is 17.2 Å². The number of hydrogen-bond donors (Lipinski definition) is 1. The van der Waals surface area contributed by atoms with Gasteiger partial charge in [0.2, 0.25) is 11.2 Å². The highest BCUT2D eigenvalue weighted by molar-refractivity contribution is 5.93. The number of carbonyl (C=O) groups is 1. The Balaban J connectivity index is 1.79. The van der Waals surface area contributed by atoms with Gasteiger partial charge in [0.15, 0.2) is 23.9 Å². The molecule has 0 aliphatic rings. The fourth-order valence-electron chi connectivity index (χ4n) is 3.97. The predicted octanol–water partition coefficient (Wildman–Crippen LogP) is 5.42. The average Bonchev–Trinajstić information content (AvgIpc) is 2.84. The van der Waals surface area contributed by atoms with Crippen LogP contribution >= 0.6 is 0 Å². The zero-order valence-corrected chi connectivity index (χ0v) is 20.4. The second kappa shape index (κ2) is 9.93. The summed E-state index contributed by atoms with van der Waals surface area (Å²) in [5, 5.41) is 3.20. The molecular weight excluding hydrogens is 446 g/mol. The van der Waals surface area contributed by atoms with Crippen molar-refractivity contribution in [3.8, 4) is 28.6 Å². The number of fused-ring (bicyclic) bond motifs is 1. The van der Waals surface area contributed by atoms with Crippen molar-refractivity contribution in [2.45, 2.75) is 20.8 Å². The van der Waals surface area contributed by atoms with E-state index in [1.54, 1.807) is 37.4 Å². The topological polar surface area (TPSA) is 87.0 Å². The van der Waals surface area contributed by atoms with Gasteiger partial charge < -0.3 is 23.9 Å². The summed E-state index contributed by atoms with van der Waals surface area (Å²) in [5.41, 5.74) is 4.00. The van der Waals surface area contributed by atoms with Gasteiger partial charge in [0.25, 0.3) is 5.91 Å². The van der Waals surface area contributed by atoms with Crippen LogP contribution in [-0.4, -0.2) is 26.7 Å². The first-order valence-corrected chi connectivity index (χ1v) is 11.1. The summed E-state index contributed by atoms with van der Waals surface area (Å²) in [6.07, 6.45) is 0. The third-order valence-electron chi connectivity index (χ3n) is 5.69. The summed E-state index contributed by atoms with van der Waals surface area (Å²) >= 11 is 0. The second-order valence-corrected chi connectivity index (χ2v) is 8.27. The van der Waals surface area contributed by atoms with E-state index >= 15 is 0 Å². The largest absolute Gasteiger partial charge is 0.493 e. The predicted molar refractivity (Wildman–Crippen MR) is 136 cm³/mol.